The van der Waals surface area contributed by atoms with Crippen molar-refractivity contribution >= 4 is 11.4 Å². The van der Waals surface area contributed by atoms with Crippen molar-refractivity contribution in [1.82, 2.24) is 10.1 Å². The van der Waals surface area contributed by atoms with E-state index in [4.69, 9.17) is 9.26 Å². The van der Waals surface area contributed by atoms with Crippen molar-refractivity contribution in [2.24, 2.45) is 0 Å². The maximum Gasteiger partial charge on any atom is 0.333 e. The zero-order chi connectivity index (χ0) is 15.2. The van der Waals surface area contributed by atoms with E-state index >= 15 is 0 Å². The highest BCUT2D eigenvalue weighted by Gasteiger charge is 2.20. The van der Waals surface area contributed by atoms with Crippen LogP contribution in [0.1, 0.15) is 18.6 Å². The van der Waals surface area contributed by atoms with Crippen LogP contribution in [0.15, 0.2) is 22.7 Å². The highest BCUT2D eigenvalue weighted by atomic mass is 16.6. The number of nitrogens with zero attached hydrogens (tertiary/aromatic N) is 3. The molecule has 8 heteroatoms. The number of aryl methyl sites for hydroxylation is 1. The number of rotatable bonds is 7. The molecule has 112 valence electrons. The molecule has 21 heavy (non-hydrogen) atoms. The third kappa shape index (κ3) is 3.68. The molecule has 0 fully saturated rings. The number of benzene rings is 1. The molecule has 0 unspecified atom stereocenters. The summed E-state index contributed by atoms with van der Waals surface area (Å²) < 4.78 is 10.3. The van der Waals surface area contributed by atoms with Crippen molar-refractivity contribution in [3.8, 4) is 5.75 Å². The van der Waals surface area contributed by atoms with Gasteiger partial charge in [0, 0.05) is 13.0 Å². The SMILES string of the molecule is CCOc1cccc(NCCc2nc(C)no2)c1[N+](=O)[O-]. The van der Waals surface area contributed by atoms with Crippen LogP contribution in [-0.4, -0.2) is 28.2 Å². The molecule has 1 aromatic heterocycles. The first-order chi connectivity index (χ1) is 10.1. The molecule has 0 saturated carbocycles. The van der Waals surface area contributed by atoms with Gasteiger partial charge >= 0.3 is 5.69 Å². The monoisotopic (exact) mass is 292 g/mol. The highest BCUT2D eigenvalue weighted by Crippen LogP contribution is 2.34. The molecular formula is C13H16N4O4. The topological polar surface area (TPSA) is 103 Å². The van der Waals surface area contributed by atoms with Crippen LogP contribution in [0.25, 0.3) is 0 Å². The number of nitro benzene ring substituents is 1. The molecule has 1 aromatic carbocycles. The van der Waals surface area contributed by atoms with Gasteiger partial charge in [0.1, 0.15) is 5.69 Å². The Morgan fingerprint density at radius 2 is 2.29 bits per heavy atom. The number of aromatic nitrogens is 2. The van der Waals surface area contributed by atoms with Crippen molar-refractivity contribution in [2.45, 2.75) is 20.3 Å². The van der Waals surface area contributed by atoms with E-state index in [2.05, 4.69) is 15.5 Å². The summed E-state index contributed by atoms with van der Waals surface area (Å²) in [4.78, 5) is 14.8. The van der Waals surface area contributed by atoms with Crippen molar-refractivity contribution in [2.75, 3.05) is 18.5 Å². The molecule has 1 N–H and O–H groups in total. The van der Waals surface area contributed by atoms with Gasteiger partial charge in [0.05, 0.1) is 11.5 Å². The molecule has 0 amide bonds. The van der Waals surface area contributed by atoms with Crippen LogP contribution in [0.5, 0.6) is 5.75 Å². The lowest BCUT2D eigenvalue weighted by atomic mass is 10.2. The third-order valence-electron chi connectivity index (χ3n) is 2.71. The first-order valence-electron chi connectivity index (χ1n) is 6.55. The summed E-state index contributed by atoms with van der Waals surface area (Å²) in [5.74, 6) is 1.30. The van der Waals surface area contributed by atoms with E-state index in [0.717, 1.165) is 0 Å². The number of hydrogen-bond acceptors (Lipinski definition) is 7. The van der Waals surface area contributed by atoms with Crippen molar-refractivity contribution in [1.29, 1.82) is 0 Å². The average molecular weight is 292 g/mol. The lowest BCUT2D eigenvalue weighted by Crippen LogP contribution is -2.08. The van der Waals surface area contributed by atoms with Gasteiger partial charge in [-0.15, -0.1) is 0 Å². The van der Waals surface area contributed by atoms with Gasteiger partial charge in [0.15, 0.2) is 11.6 Å². The molecule has 0 aliphatic rings. The Kier molecular flexibility index (Phi) is 4.70. The quantitative estimate of drug-likeness (QED) is 0.617. The zero-order valence-electron chi connectivity index (χ0n) is 11.8. The molecule has 0 radical (unpaired) electrons. The fraction of sp³-hybridized carbons (Fsp3) is 0.385. The van der Waals surface area contributed by atoms with E-state index in [9.17, 15) is 10.1 Å². The Morgan fingerprint density at radius 1 is 1.48 bits per heavy atom. The van der Waals surface area contributed by atoms with Gasteiger partial charge in [-0.1, -0.05) is 11.2 Å². The van der Waals surface area contributed by atoms with Gasteiger partial charge in [0.2, 0.25) is 5.89 Å². The Labute approximate surface area is 121 Å². The number of anilines is 1. The molecule has 0 aliphatic heterocycles. The van der Waals surface area contributed by atoms with E-state index in [0.29, 0.717) is 37.0 Å². The smallest absolute Gasteiger partial charge is 0.333 e. The normalized spacial score (nSPS) is 10.4. The molecule has 8 nitrogen and oxygen atoms in total. The van der Waals surface area contributed by atoms with Crippen LogP contribution in [0.2, 0.25) is 0 Å². The molecule has 0 spiro atoms. The van der Waals surface area contributed by atoms with Crippen LogP contribution < -0.4 is 10.1 Å². The molecular weight excluding hydrogens is 276 g/mol. The van der Waals surface area contributed by atoms with Crippen LogP contribution in [-0.2, 0) is 6.42 Å². The third-order valence-corrected chi connectivity index (χ3v) is 2.71. The van der Waals surface area contributed by atoms with E-state index in [-0.39, 0.29) is 11.4 Å². The molecule has 0 saturated heterocycles. The molecule has 1 heterocycles. The van der Waals surface area contributed by atoms with E-state index < -0.39 is 4.92 Å². The van der Waals surface area contributed by atoms with Gasteiger partial charge in [-0.2, -0.15) is 4.98 Å². The van der Waals surface area contributed by atoms with E-state index in [1.54, 1.807) is 32.0 Å². The summed E-state index contributed by atoms with van der Waals surface area (Å²) in [5.41, 5.74) is 0.336. The minimum absolute atomic E-state index is 0.0685. The minimum atomic E-state index is -0.454. The summed E-state index contributed by atoms with van der Waals surface area (Å²) in [7, 11) is 0. The van der Waals surface area contributed by atoms with Crippen LogP contribution in [0.3, 0.4) is 0 Å². The first kappa shape index (κ1) is 14.8. The summed E-state index contributed by atoms with van der Waals surface area (Å²) >= 11 is 0. The highest BCUT2D eigenvalue weighted by molar-refractivity contribution is 5.68. The fourth-order valence-electron chi connectivity index (χ4n) is 1.87. The summed E-state index contributed by atoms with van der Waals surface area (Å²) in [6.45, 7) is 4.32. The lowest BCUT2D eigenvalue weighted by Gasteiger charge is -2.09. The van der Waals surface area contributed by atoms with Crippen molar-refractivity contribution < 1.29 is 14.2 Å². The van der Waals surface area contributed by atoms with Crippen LogP contribution in [0.4, 0.5) is 11.4 Å². The summed E-state index contributed by atoms with van der Waals surface area (Å²) in [6, 6.07) is 4.92. The number of nitrogens with one attached hydrogen (secondary N) is 1. The second-order valence-electron chi connectivity index (χ2n) is 4.25. The average Bonchev–Trinajstić information content (AvgIpc) is 2.85. The Morgan fingerprint density at radius 3 is 2.90 bits per heavy atom. The van der Waals surface area contributed by atoms with Crippen molar-refractivity contribution in [3.05, 3.63) is 40.0 Å². The minimum Gasteiger partial charge on any atom is -0.487 e. The Balaban J connectivity index is 2.08. The van der Waals surface area contributed by atoms with Gasteiger partial charge < -0.3 is 14.6 Å². The predicted molar refractivity (Wildman–Crippen MR) is 75.5 cm³/mol. The maximum absolute atomic E-state index is 11.2. The van der Waals surface area contributed by atoms with Gasteiger partial charge in [0.25, 0.3) is 0 Å². The van der Waals surface area contributed by atoms with Gasteiger partial charge in [-0.3, -0.25) is 10.1 Å². The van der Waals surface area contributed by atoms with Gasteiger partial charge in [-0.25, -0.2) is 0 Å². The second kappa shape index (κ2) is 6.69. The molecule has 0 aliphatic carbocycles. The van der Waals surface area contributed by atoms with Crippen molar-refractivity contribution in [3.63, 3.8) is 0 Å². The maximum atomic E-state index is 11.2. The summed E-state index contributed by atoms with van der Waals surface area (Å²) in [6.07, 6.45) is 0.483. The van der Waals surface area contributed by atoms with Crippen LogP contribution >= 0.6 is 0 Å². The second-order valence-corrected chi connectivity index (χ2v) is 4.25. The number of ether oxygens (including phenoxy) is 1. The number of nitro groups is 1. The van der Waals surface area contributed by atoms with E-state index in [1.165, 1.54) is 0 Å². The largest absolute Gasteiger partial charge is 0.487 e. The first-order valence-corrected chi connectivity index (χ1v) is 6.55. The predicted octanol–water partition coefficient (Wildman–Crippen LogP) is 2.34. The molecule has 0 bridgehead atoms. The van der Waals surface area contributed by atoms with Crippen LogP contribution in [0, 0.1) is 17.0 Å². The zero-order valence-corrected chi connectivity index (χ0v) is 11.8. The Hall–Kier alpha value is -2.64. The standard InChI is InChI=1S/C13H16N4O4/c1-3-20-11-6-4-5-10(13(11)17(18)19)14-8-7-12-15-9(2)16-21-12/h4-6,14H,3,7-8H2,1-2H3. The number of para-hydroxylation sites is 1. The Bertz CT molecular complexity index is 626. The molecule has 2 aromatic rings. The lowest BCUT2D eigenvalue weighted by molar-refractivity contribution is -0.384. The molecule has 2 rings (SSSR count). The molecule has 0 atom stereocenters. The van der Waals surface area contributed by atoms with E-state index in [1.807, 2.05) is 0 Å². The summed E-state index contributed by atoms with van der Waals surface area (Å²) in [5, 5.41) is 17.9. The van der Waals surface area contributed by atoms with Gasteiger partial charge in [-0.05, 0) is 26.0 Å². The number of hydrogen-bond donors (Lipinski definition) is 1. The fourth-order valence-corrected chi connectivity index (χ4v) is 1.87.